The lowest BCUT2D eigenvalue weighted by molar-refractivity contribution is -0.393. The molecule has 0 aliphatic heterocycles. The first-order valence-electron chi connectivity index (χ1n) is 19.5. The summed E-state index contributed by atoms with van der Waals surface area (Å²) in [7, 11) is 0. The van der Waals surface area contributed by atoms with Crippen molar-refractivity contribution >= 4 is 88.1 Å². The normalized spacial score (nSPS) is 13.2. The van der Waals surface area contributed by atoms with Crippen LogP contribution in [0.5, 0.6) is 0 Å². The Morgan fingerprint density at radius 2 is 1.00 bits per heavy atom. The molecule has 3 aromatic carbocycles. The molecule has 0 spiro atoms. The lowest BCUT2D eigenvalue weighted by Crippen LogP contribution is -2.58. The van der Waals surface area contributed by atoms with E-state index in [1.54, 1.807) is 30.3 Å². The number of nitrogens with one attached hydrogen (secondary N) is 5. The number of nitrogens with zero attached hydrogens (tertiary/aromatic N) is 7. The number of amides is 6. The van der Waals surface area contributed by atoms with E-state index in [2.05, 4.69) is 30.6 Å². The highest BCUT2D eigenvalue weighted by atomic mass is 16.6. The van der Waals surface area contributed by atoms with Gasteiger partial charge in [-0.1, -0.05) is 72.8 Å². The zero-order chi connectivity index (χ0) is 52.4. The summed E-state index contributed by atoms with van der Waals surface area (Å²) in [6.07, 6.45) is -7.95. The molecule has 6 amide bonds. The highest BCUT2D eigenvalue weighted by Gasteiger charge is 2.36. The summed E-state index contributed by atoms with van der Waals surface area (Å²) < 4.78 is 0. The quantitative estimate of drug-likeness (QED) is 0.0105. The van der Waals surface area contributed by atoms with Crippen LogP contribution in [0.2, 0.25) is 0 Å². The molecule has 0 aliphatic rings. The highest BCUT2D eigenvalue weighted by Crippen LogP contribution is 2.37. The van der Waals surface area contributed by atoms with Gasteiger partial charge in [0.25, 0.3) is 40.9 Å². The number of nitrogens with two attached hydrogens (primary N) is 10. The van der Waals surface area contributed by atoms with Crippen LogP contribution >= 0.6 is 0 Å². The van der Waals surface area contributed by atoms with Gasteiger partial charge in [-0.25, -0.2) is 20.0 Å². The Morgan fingerprint density at radius 3 is 1.43 bits per heavy atom. The van der Waals surface area contributed by atoms with Gasteiger partial charge in [-0.3, -0.25) is 49.0 Å². The van der Waals surface area contributed by atoms with Crippen LogP contribution in [0, 0.1) is 20.2 Å². The monoisotopic (exact) mass is 976 g/mol. The van der Waals surface area contributed by atoms with Crippen molar-refractivity contribution < 1.29 is 43.7 Å². The van der Waals surface area contributed by atoms with Gasteiger partial charge in [-0.2, -0.15) is 0 Å². The van der Waals surface area contributed by atoms with Gasteiger partial charge in [-0.15, -0.1) is 0 Å². The Morgan fingerprint density at radius 1 is 0.586 bits per heavy atom. The van der Waals surface area contributed by atoms with Gasteiger partial charge < -0.3 is 93.9 Å². The topological polar surface area (TPSA) is 582 Å². The molecule has 70 heavy (non-hydrogen) atoms. The summed E-state index contributed by atoms with van der Waals surface area (Å²) >= 11 is 0. The van der Waals surface area contributed by atoms with Crippen LogP contribution in [0.1, 0.15) is 17.2 Å². The predicted molar refractivity (Wildman–Crippen MR) is 250 cm³/mol. The van der Waals surface area contributed by atoms with Crippen LogP contribution in [-0.4, -0.2) is 112 Å². The second kappa shape index (κ2) is 24.8. The Hall–Kier alpha value is -10.3. The number of nitro benzene ring substituents is 2. The zero-order valence-electron chi connectivity index (χ0n) is 36.2. The summed E-state index contributed by atoms with van der Waals surface area (Å²) in [4.78, 5) is 117. The number of rotatable bonds is 23. The van der Waals surface area contributed by atoms with Gasteiger partial charge in [0.1, 0.15) is 17.4 Å². The first-order chi connectivity index (χ1) is 32.9. The Bertz CT molecular complexity index is 2600. The second-order valence-electron chi connectivity index (χ2n) is 13.9. The van der Waals surface area contributed by atoms with Crippen LogP contribution in [0.4, 0.5) is 22.7 Å². The fourth-order valence-corrected chi connectivity index (χ4v) is 5.71. The van der Waals surface area contributed by atoms with Gasteiger partial charge in [-0.05, 0) is 17.2 Å². The standard InChI is InChI=1S/C37H48N22O11/c38-18-14-20(21(59(69)70)15-19(18)58(67)68)57(13-7-10-16-8-3-1-4-9-16)33(66)32(65)48-22(17-11-5-2-6-12-17)28(61)50-25(54-35(42)43)30(63)52-27(56-37(46)47)31(64)51-26(55-36(44)45)29(62)49-24(23(39)60)53-34(40)41/h1-12,14-15,22,24-27,33,66H,13,38H2,(H2,39,60)(H,48,65)(H,49,62)(H,50,61)(H,51,64)(H,52,63)(H4,40,41,53)(H4,42,43,54)(H4,44,45,55)(H4,46,47,56)/b10-7-. The Kier molecular flexibility index (Phi) is 19.1. The number of aliphatic hydroxyl groups is 1. The second-order valence-corrected chi connectivity index (χ2v) is 13.9. The molecule has 3 rings (SSSR count). The molecule has 6 unspecified atom stereocenters. The third kappa shape index (κ3) is 16.0. The number of hydrogen-bond donors (Lipinski definition) is 16. The van der Waals surface area contributed by atoms with Gasteiger partial charge in [0.15, 0.2) is 23.8 Å². The molecule has 3 aromatic rings. The molecular weight excluding hydrogens is 929 g/mol. The largest absolute Gasteiger partial charge is 0.393 e. The van der Waals surface area contributed by atoms with Gasteiger partial charge in [0, 0.05) is 6.54 Å². The summed E-state index contributed by atoms with van der Waals surface area (Å²) in [5.41, 5.74) is 52.2. The summed E-state index contributed by atoms with van der Waals surface area (Å²) in [6, 6.07) is 15.1. The lowest BCUT2D eigenvalue weighted by atomic mass is 10.1. The molecule has 0 aliphatic carbocycles. The van der Waals surface area contributed by atoms with Crippen molar-refractivity contribution in [1.82, 2.24) is 26.6 Å². The van der Waals surface area contributed by atoms with Crippen molar-refractivity contribution in [2.45, 2.75) is 36.9 Å². The number of anilines is 2. The van der Waals surface area contributed by atoms with Crippen molar-refractivity contribution in [3.63, 3.8) is 0 Å². The number of nitrogen functional groups attached to an aromatic ring is 1. The molecular formula is C37H48N22O11. The number of nitro groups is 2. The van der Waals surface area contributed by atoms with Crippen molar-refractivity contribution in [1.29, 1.82) is 0 Å². The van der Waals surface area contributed by atoms with Gasteiger partial charge in [0.2, 0.25) is 36.8 Å². The SMILES string of the molecule is NC(=O)C(N=C(N)N)NC(=O)C(N=C(N)N)NC(=O)C(N=C(N)N)NC(=O)C(N=C(N)N)NC(=O)C(NC(=O)C(O)N(C/C=C\c1ccccc1)c1cc(N)c([N+](=O)[O-])cc1[N+](=O)[O-])c1ccccc1. The number of benzene rings is 3. The third-order valence-corrected chi connectivity index (χ3v) is 8.69. The molecule has 6 atom stereocenters. The lowest BCUT2D eigenvalue weighted by Gasteiger charge is -2.30. The predicted octanol–water partition coefficient (Wildman–Crippen LogP) is -6.87. The maximum absolute atomic E-state index is 14.2. The zero-order valence-corrected chi connectivity index (χ0v) is 36.2. The first kappa shape index (κ1) is 54.0. The fraction of sp³-hybridized carbons (Fsp3) is 0.189. The summed E-state index contributed by atoms with van der Waals surface area (Å²) in [6.45, 7) is -0.482. The van der Waals surface area contributed by atoms with E-state index in [4.69, 9.17) is 57.3 Å². The third-order valence-electron chi connectivity index (χ3n) is 8.69. The maximum atomic E-state index is 14.2. The highest BCUT2D eigenvalue weighted by molar-refractivity contribution is 5.99. The van der Waals surface area contributed by atoms with Crippen LogP contribution in [0.15, 0.2) is 98.8 Å². The minimum Gasteiger partial charge on any atom is -0.393 e. The number of carbonyl (C=O) groups excluding carboxylic acids is 6. The van der Waals surface area contributed by atoms with E-state index >= 15 is 0 Å². The van der Waals surface area contributed by atoms with Crippen LogP contribution in [0.3, 0.4) is 0 Å². The molecule has 33 nitrogen and oxygen atoms in total. The van der Waals surface area contributed by atoms with E-state index in [-0.39, 0.29) is 5.56 Å². The van der Waals surface area contributed by atoms with Crippen LogP contribution in [-0.2, 0) is 28.8 Å². The van der Waals surface area contributed by atoms with E-state index in [1.165, 1.54) is 42.5 Å². The van der Waals surface area contributed by atoms with E-state index in [9.17, 15) is 54.1 Å². The molecule has 0 saturated heterocycles. The Labute approximate surface area is 393 Å². The molecule has 0 bridgehead atoms. The van der Waals surface area contributed by atoms with E-state index in [1.807, 2.05) is 16.0 Å². The molecule has 33 heteroatoms. The van der Waals surface area contributed by atoms with Crippen LogP contribution < -0.4 is 88.8 Å². The summed E-state index contributed by atoms with van der Waals surface area (Å²) in [5.74, 6) is -11.4. The van der Waals surface area contributed by atoms with E-state index in [0.29, 0.717) is 11.6 Å². The van der Waals surface area contributed by atoms with Crippen molar-refractivity contribution in [2.24, 2.45) is 71.6 Å². The maximum Gasteiger partial charge on any atom is 0.299 e. The number of primary amides is 1. The molecule has 0 heterocycles. The van der Waals surface area contributed by atoms with Crippen molar-refractivity contribution in [3.05, 3.63) is 110 Å². The van der Waals surface area contributed by atoms with Gasteiger partial charge >= 0.3 is 0 Å². The number of aliphatic hydroxyl groups excluding tert-OH is 1. The average Bonchev–Trinajstić information content (AvgIpc) is 3.27. The fourth-order valence-electron chi connectivity index (χ4n) is 5.71. The van der Waals surface area contributed by atoms with Crippen molar-refractivity contribution in [3.8, 4) is 0 Å². The van der Waals surface area contributed by atoms with Crippen LogP contribution in [0.25, 0.3) is 6.08 Å². The minimum absolute atomic E-state index is 0.00860. The summed E-state index contributed by atoms with van der Waals surface area (Å²) in [5, 5.41) is 45.9. The minimum atomic E-state index is -2.42. The van der Waals surface area contributed by atoms with Crippen molar-refractivity contribution in [2.75, 3.05) is 17.2 Å². The molecule has 0 aromatic heterocycles. The smallest absolute Gasteiger partial charge is 0.299 e. The first-order valence-corrected chi connectivity index (χ1v) is 19.5. The van der Waals surface area contributed by atoms with E-state index < -0.39 is 135 Å². The number of carbonyl (C=O) groups is 6. The molecule has 372 valence electrons. The number of hydrogen-bond acceptors (Lipinski definition) is 17. The number of aliphatic imine (C=N–C) groups is 4. The van der Waals surface area contributed by atoms with E-state index in [0.717, 1.165) is 11.0 Å². The Balaban J connectivity index is 2.02. The molecule has 0 radical (unpaired) electrons. The number of guanidine groups is 4. The molecule has 0 fully saturated rings. The average molecular weight is 977 g/mol. The molecule has 26 N–H and O–H groups in total. The van der Waals surface area contributed by atoms with Gasteiger partial charge in [0.05, 0.1) is 15.9 Å². The molecule has 0 saturated carbocycles.